The highest BCUT2D eigenvalue weighted by molar-refractivity contribution is 7.80. The number of aromatic nitrogens is 1. The summed E-state index contributed by atoms with van der Waals surface area (Å²) in [6, 6.07) is 7.63. The summed E-state index contributed by atoms with van der Waals surface area (Å²) in [4.78, 5) is 20.7. The topological polar surface area (TPSA) is 59.2 Å². The van der Waals surface area contributed by atoms with Crippen LogP contribution in [0.25, 0.3) is 0 Å². The summed E-state index contributed by atoms with van der Waals surface area (Å²) in [6.07, 6.45) is 4.00. The molecule has 0 radical (unpaired) electrons. The fourth-order valence-corrected chi connectivity index (χ4v) is 2.84. The summed E-state index contributed by atoms with van der Waals surface area (Å²) < 4.78 is 0. The lowest BCUT2D eigenvalue weighted by molar-refractivity contribution is 0.0753. The van der Waals surface area contributed by atoms with E-state index in [2.05, 4.69) is 4.98 Å². The highest BCUT2D eigenvalue weighted by Gasteiger charge is 2.17. The highest BCUT2D eigenvalue weighted by Crippen LogP contribution is 2.18. The number of carbonyl (C=O) groups excluding carboxylic acids is 1. The first kappa shape index (κ1) is 15.6. The van der Waals surface area contributed by atoms with Gasteiger partial charge in [-0.15, -0.1) is 11.3 Å². The smallest absolute Gasteiger partial charge is 0.264 e. The van der Waals surface area contributed by atoms with Crippen LogP contribution in [0.5, 0.6) is 0 Å². The molecule has 4 nitrogen and oxygen atoms in total. The SMILES string of the molecule is Cc1ccc(C(=O)N(CCC(N)=S)Cc2cccnc2)s1. The summed E-state index contributed by atoms with van der Waals surface area (Å²) in [6.45, 7) is 3.01. The van der Waals surface area contributed by atoms with Crippen LogP contribution >= 0.6 is 23.6 Å². The molecule has 0 fully saturated rings. The maximum atomic E-state index is 12.6. The summed E-state index contributed by atoms with van der Waals surface area (Å²) in [5.41, 5.74) is 6.55. The van der Waals surface area contributed by atoms with Gasteiger partial charge >= 0.3 is 0 Å². The zero-order chi connectivity index (χ0) is 15.2. The quantitative estimate of drug-likeness (QED) is 0.832. The van der Waals surface area contributed by atoms with Gasteiger partial charge in [0.25, 0.3) is 5.91 Å². The Bertz CT molecular complexity index is 625. The molecule has 0 bridgehead atoms. The average molecular weight is 319 g/mol. The van der Waals surface area contributed by atoms with Crippen molar-refractivity contribution in [3.8, 4) is 0 Å². The number of rotatable bonds is 6. The van der Waals surface area contributed by atoms with Gasteiger partial charge in [0.1, 0.15) is 0 Å². The molecule has 0 spiro atoms. The van der Waals surface area contributed by atoms with Crippen LogP contribution in [0.15, 0.2) is 36.7 Å². The molecule has 2 rings (SSSR count). The van der Waals surface area contributed by atoms with Crippen molar-refractivity contribution < 1.29 is 4.79 Å². The highest BCUT2D eigenvalue weighted by atomic mass is 32.1. The second kappa shape index (κ2) is 7.28. The van der Waals surface area contributed by atoms with E-state index in [-0.39, 0.29) is 5.91 Å². The van der Waals surface area contributed by atoms with Gasteiger partial charge in [0.05, 0.1) is 9.87 Å². The molecule has 0 aliphatic heterocycles. The number of pyridine rings is 1. The standard InChI is InChI=1S/C15H17N3OS2/c1-11-4-5-13(21-11)15(19)18(8-6-14(16)20)10-12-3-2-7-17-9-12/h2-5,7,9H,6,8,10H2,1H3,(H2,16,20). The predicted molar refractivity (Wildman–Crippen MR) is 89.4 cm³/mol. The van der Waals surface area contributed by atoms with Gasteiger partial charge in [-0.1, -0.05) is 18.3 Å². The molecule has 0 aliphatic rings. The molecule has 110 valence electrons. The monoisotopic (exact) mass is 319 g/mol. The van der Waals surface area contributed by atoms with E-state index in [0.29, 0.717) is 24.5 Å². The molecular weight excluding hydrogens is 302 g/mol. The fraction of sp³-hybridized carbons (Fsp3) is 0.267. The molecule has 2 aromatic rings. The number of thiocarbonyl (C=S) groups is 1. The number of hydrogen-bond acceptors (Lipinski definition) is 4. The molecular formula is C15H17N3OS2. The Morgan fingerprint density at radius 2 is 2.24 bits per heavy atom. The zero-order valence-corrected chi connectivity index (χ0v) is 13.4. The molecule has 0 saturated carbocycles. The molecule has 2 N–H and O–H groups in total. The Balaban J connectivity index is 2.14. The minimum atomic E-state index is 0.00760. The maximum Gasteiger partial charge on any atom is 0.264 e. The zero-order valence-electron chi connectivity index (χ0n) is 11.8. The van der Waals surface area contributed by atoms with Crippen LogP contribution in [-0.4, -0.2) is 27.3 Å². The molecule has 1 amide bonds. The van der Waals surface area contributed by atoms with E-state index in [1.165, 1.54) is 11.3 Å². The van der Waals surface area contributed by atoms with Crippen molar-refractivity contribution in [2.45, 2.75) is 19.9 Å². The fourth-order valence-electron chi connectivity index (χ4n) is 1.91. The molecule has 0 aliphatic carbocycles. The van der Waals surface area contributed by atoms with E-state index in [9.17, 15) is 4.79 Å². The molecule has 0 unspecified atom stereocenters. The van der Waals surface area contributed by atoms with Gasteiger partial charge in [-0.25, -0.2) is 0 Å². The molecule has 6 heteroatoms. The third-order valence-corrected chi connectivity index (χ3v) is 4.16. The third kappa shape index (κ3) is 4.61. The van der Waals surface area contributed by atoms with Gasteiger partial charge in [-0.2, -0.15) is 0 Å². The first-order valence-electron chi connectivity index (χ1n) is 6.59. The number of nitrogens with two attached hydrogens (primary N) is 1. The molecule has 0 saturated heterocycles. The maximum absolute atomic E-state index is 12.6. The number of aryl methyl sites for hydroxylation is 1. The van der Waals surface area contributed by atoms with Crippen LogP contribution in [0.3, 0.4) is 0 Å². The lowest BCUT2D eigenvalue weighted by Gasteiger charge is -2.22. The van der Waals surface area contributed by atoms with Crippen LogP contribution in [0.4, 0.5) is 0 Å². The number of amides is 1. The van der Waals surface area contributed by atoms with Crippen LogP contribution in [0.1, 0.15) is 26.5 Å². The first-order valence-corrected chi connectivity index (χ1v) is 7.81. The van der Waals surface area contributed by atoms with E-state index < -0.39 is 0 Å². The number of carbonyl (C=O) groups is 1. The first-order chi connectivity index (χ1) is 10.1. The second-order valence-electron chi connectivity index (χ2n) is 4.71. The van der Waals surface area contributed by atoms with Crippen LogP contribution < -0.4 is 5.73 Å². The number of thiophene rings is 1. The molecule has 21 heavy (non-hydrogen) atoms. The van der Waals surface area contributed by atoms with Crippen LogP contribution in [0.2, 0.25) is 0 Å². The van der Waals surface area contributed by atoms with E-state index in [4.69, 9.17) is 18.0 Å². The van der Waals surface area contributed by atoms with E-state index in [1.807, 2.05) is 31.2 Å². The Hall–Kier alpha value is -1.79. The lowest BCUT2D eigenvalue weighted by atomic mass is 10.2. The van der Waals surface area contributed by atoms with E-state index in [0.717, 1.165) is 15.3 Å². The summed E-state index contributed by atoms with van der Waals surface area (Å²) in [5, 5.41) is 0. The summed E-state index contributed by atoms with van der Waals surface area (Å²) >= 11 is 6.41. The van der Waals surface area contributed by atoms with Gasteiger partial charge in [-0.3, -0.25) is 9.78 Å². The van der Waals surface area contributed by atoms with Crippen molar-refractivity contribution in [2.75, 3.05) is 6.54 Å². The van der Waals surface area contributed by atoms with Gasteiger partial charge < -0.3 is 10.6 Å². The van der Waals surface area contributed by atoms with Crippen molar-refractivity contribution in [3.05, 3.63) is 52.0 Å². The number of nitrogens with zero attached hydrogens (tertiary/aromatic N) is 2. The molecule has 2 aromatic heterocycles. The normalized spacial score (nSPS) is 10.3. The third-order valence-electron chi connectivity index (χ3n) is 2.96. The largest absolute Gasteiger partial charge is 0.393 e. The lowest BCUT2D eigenvalue weighted by Crippen LogP contribution is -2.32. The Morgan fingerprint density at radius 3 is 2.81 bits per heavy atom. The minimum Gasteiger partial charge on any atom is -0.393 e. The Morgan fingerprint density at radius 1 is 1.43 bits per heavy atom. The van der Waals surface area contributed by atoms with Crippen molar-refractivity contribution in [3.63, 3.8) is 0 Å². The van der Waals surface area contributed by atoms with Crippen LogP contribution in [-0.2, 0) is 6.54 Å². The Labute approximate surface area is 133 Å². The molecule has 2 heterocycles. The number of hydrogen-bond donors (Lipinski definition) is 1. The van der Waals surface area contributed by atoms with E-state index in [1.54, 1.807) is 17.3 Å². The van der Waals surface area contributed by atoms with Gasteiger partial charge in [-0.05, 0) is 30.7 Å². The van der Waals surface area contributed by atoms with Crippen molar-refractivity contribution in [1.29, 1.82) is 0 Å². The average Bonchev–Trinajstić information content (AvgIpc) is 2.90. The van der Waals surface area contributed by atoms with E-state index >= 15 is 0 Å². The summed E-state index contributed by atoms with van der Waals surface area (Å²) in [5.74, 6) is 0.00760. The van der Waals surface area contributed by atoms with Gasteiger partial charge in [0, 0.05) is 36.8 Å². The van der Waals surface area contributed by atoms with Gasteiger partial charge in [0.15, 0.2) is 0 Å². The van der Waals surface area contributed by atoms with Crippen LogP contribution in [0, 0.1) is 6.92 Å². The minimum absolute atomic E-state index is 0.00760. The summed E-state index contributed by atoms with van der Waals surface area (Å²) in [7, 11) is 0. The molecule has 0 atom stereocenters. The van der Waals surface area contributed by atoms with Gasteiger partial charge in [0.2, 0.25) is 0 Å². The Kier molecular flexibility index (Phi) is 5.41. The second-order valence-corrected chi connectivity index (χ2v) is 6.53. The predicted octanol–water partition coefficient (Wildman–Crippen LogP) is 2.77. The molecule has 0 aromatic carbocycles. The van der Waals surface area contributed by atoms with Crippen molar-refractivity contribution >= 4 is 34.5 Å². The van der Waals surface area contributed by atoms with Crippen molar-refractivity contribution in [2.24, 2.45) is 5.73 Å². The van der Waals surface area contributed by atoms with Crippen molar-refractivity contribution in [1.82, 2.24) is 9.88 Å².